The molecule has 0 fully saturated rings. The Kier molecular flexibility index (Phi) is 4.50. The number of benzene rings is 4. The molecule has 0 radical (unpaired) electrons. The highest BCUT2D eigenvalue weighted by molar-refractivity contribution is 7.89. The maximum atomic E-state index is 13.7. The van der Waals surface area contributed by atoms with Crippen LogP contribution in [0, 0.1) is 6.92 Å². The highest BCUT2D eigenvalue weighted by Crippen LogP contribution is 2.44. The highest BCUT2D eigenvalue weighted by Gasteiger charge is 2.41. The molecule has 1 atom stereocenters. The second kappa shape index (κ2) is 7.11. The Labute approximate surface area is 180 Å². The summed E-state index contributed by atoms with van der Waals surface area (Å²) in [7, 11) is -4.02. The third kappa shape index (κ3) is 3.24. The predicted octanol–water partition coefficient (Wildman–Crippen LogP) is 4.85. The number of phenolic OH excluding ortho intramolecular Hbond substituents is 2. The van der Waals surface area contributed by atoms with Crippen molar-refractivity contribution in [3.8, 4) is 11.5 Å². The summed E-state index contributed by atoms with van der Waals surface area (Å²) in [6.45, 7) is 1.90. The number of aryl methyl sites for hydroxylation is 1. The number of nitrogens with zero attached hydrogens (tertiary/aromatic N) is 1. The van der Waals surface area contributed by atoms with Gasteiger partial charge in [-0.1, -0.05) is 48.5 Å². The zero-order valence-corrected chi connectivity index (χ0v) is 17.7. The zero-order chi connectivity index (χ0) is 21.8. The number of aromatic hydroxyl groups is 2. The van der Waals surface area contributed by atoms with Crippen LogP contribution >= 0.6 is 0 Å². The summed E-state index contributed by atoms with van der Waals surface area (Å²) in [6, 6.07) is 22.8. The van der Waals surface area contributed by atoms with E-state index >= 15 is 0 Å². The number of sulfonamides is 1. The lowest BCUT2D eigenvalue weighted by atomic mass is 9.96. The number of fused-ring (bicyclic) bond motifs is 2. The molecular weight excluding hydrogens is 410 g/mol. The van der Waals surface area contributed by atoms with Gasteiger partial charge in [-0.2, -0.15) is 4.31 Å². The van der Waals surface area contributed by atoms with E-state index in [9.17, 15) is 18.6 Å². The molecule has 0 amide bonds. The van der Waals surface area contributed by atoms with Crippen LogP contribution in [0.5, 0.6) is 11.5 Å². The van der Waals surface area contributed by atoms with Crippen LogP contribution in [0.15, 0.2) is 83.8 Å². The molecule has 4 aromatic rings. The molecule has 5 rings (SSSR count). The van der Waals surface area contributed by atoms with Crippen LogP contribution in [0.25, 0.3) is 10.8 Å². The Bertz CT molecular complexity index is 1430. The summed E-state index contributed by atoms with van der Waals surface area (Å²) < 4.78 is 28.7. The van der Waals surface area contributed by atoms with E-state index < -0.39 is 16.1 Å². The maximum absolute atomic E-state index is 13.7. The first-order chi connectivity index (χ1) is 14.8. The van der Waals surface area contributed by atoms with Crippen molar-refractivity contribution in [1.82, 2.24) is 4.31 Å². The topological polar surface area (TPSA) is 77.8 Å². The van der Waals surface area contributed by atoms with Crippen molar-refractivity contribution < 1.29 is 18.6 Å². The molecule has 31 heavy (non-hydrogen) atoms. The lowest BCUT2D eigenvalue weighted by molar-refractivity contribution is 0.382. The van der Waals surface area contributed by atoms with E-state index in [1.807, 2.05) is 42.5 Å². The minimum absolute atomic E-state index is 0.0912. The molecule has 1 aliphatic rings. The third-order valence-electron chi connectivity index (χ3n) is 5.83. The van der Waals surface area contributed by atoms with Crippen LogP contribution in [0.1, 0.15) is 28.3 Å². The molecule has 4 aromatic carbocycles. The van der Waals surface area contributed by atoms with E-state index in [1.54, 1.807) is 31.2 Å². The summed E-state index contributed by atoms with van der Waals surface area (Å²) >= 11 is 0. The molecule has 0 bridgehead atoms. The molecule has 0 saturated carbocycles. The fourth-order valence-electron chi connectivity index (χ4n) is 4.33. The fraction of sp³-hybridized carbons (Fsp3) is 0.120. The van der Waals surface area contributed by atoms with E-state index in [0.29, 0.717) is 0 Å². The standard InChI is InChI=1S/C25H21NO4S/c1-16-6-11-24(23(28)12-16)31(29,30)26-15-20-14-21(27)9-10-22(20)25(26)19-8-7-17-4-2-3-5-18(17)13-19/h2-14,25,27-28H,15H2,1H3. The van der Waals surface area contributed by atoms with Crippen molar-refractivity contribution in [2.75, 3.05) is 0 Å². The Morgan fingerprint density at radius 1 is 0.871 bits per heavy atom. The third-order valence-corrected chi connectivity index (χ3v) is 7.68. The van der Waals surface area contributed by atoms with Gasteiger partial charge in [0.2, 0.25) is 10.0 Å². The molecular formula is C25H21NO4S. The molecule has 1 unspecified atom stereocenters. The minimum atomic E-state index is -4.02. The molecule has 0 spiro atoms. The molecule has 0 aliphatic carbocycles. The van der Waals surface area contributed by atoms with E-state index in [4.69, 9.17) is 0 Å². The number of rotatable bonds is 3. The quantitative estimate of drug-likeness (QED) is 0.486. The molecule has 0 saturated heterocycles. The maximum Gasteiger partial charge on any atom is 0.247 e. The minimum Gasteiger partial charge on any atom is -0.508 e. The summed E-state index contributed by atoms with van der Waals surface area (Å²) in [5.41, 5.74) is 3.17. The van der Waals surface area contributed by atoms with Crippen molar-refractivity contribution in [1.29, 1.82) is 0 Å². The molecule has 156 valence electrons. The van der Waals surface area contributed by atoms with E-state index in [2.05, 4.69) is 0 Å². The Morgan fingerprint density at radius 3 is 2.42 bits per heavy atom. The van der Waals surface area contributed by atoms with Crippen LogP contribution in [-0.2, 0) is 16.6 Å². The first-order valence-corrected chi connectivity index (χ1v) is 11.4. The normalized spacial score (nSPS) is 16.5. The number of phenols is 2. The Morgan fingerprint density at radius 2 is 1.65 bits per heavy atom. The van der Waals surface area contributed by atoms with E-state index in [1.165, 1.54) is 16.4 Å². The molecule has 2 N–H and O–H groups in total. The van der Waals surface area contributed by atoms with Crippen LogP contribution in [0.2, 0.25) is 0 Å². The Balaban J connectivity index is 1.70. The van der Waals surface area contributed by atoms with Crippen molar-refractivity contribution in [3.05, 3.63) is 101 Å². The predicted molar refractivity (Wildman–Crippen MR) is 119 cm³/mol. The summed E-state index contributed by atoms with van der Waals surface area (Å²) in [6.07, 6.45) is 0. The average Bonchev–Trinajstić information content (AvgIpc) is 3.12. The van der Waals surface area contributed by atoms with E-state index in [-0.39, 0.29) is 22.9 Å². The van der Waals surface area contributed by atoms with Crippen LogP contribution < -0.4 is 0 Å². The van der Waals surface area contributed by atoms with Gasteiger partial charge >= 0.3 is 0 Å². The van der Waals surface area contributed by atoms with Crippen molar-refractivity contribution in [2.45, 2.75) is 24.4 Å². The van der Waals surface area contributed by atoms with Gasteiger partial charge in [-0.25, -0.2) is 8.42 Å². The van der Waals surface area contributed by atoms with E-state index in [0.717, 1.165) is 33.0 Å². The second-order valence-corrected chi connectivity index (χ2v) is 9.77. The summed E-state index contributed by atoms with van der Waals surface area (Å²) in [5.74, 6) is -0.176. The van der Waals surface area contributed by atoms with Gasteiger partial charge in [-0.15, -0.1) is 0 Å². The van der Waals surface area contributed by atoms with Gasteiger partial charge in [0.25, 0.3) is 0 Å². The largest absolute Gasteiger partial charge is 0.508 e. The second-order valence-electron chi connectivity index (χ2n) is 7.91. The Hall–Kier alpha value is -3.35. The molecule has 1 aliphatic heterocycles. The smallest absolute Gasteiger partial charge is 0.247 e. The van der Waals surface area contributed by atoms with Crippen LogP contribution in [-0.4, -0.2) is 22.9 Å². The van der Waals surface area contributed by atoms with Gasteiger partial charge in [0, 0.05) is 6.54 Å². The van der Waals surface area contributed by atoms with Crippen molar-refractivity contribution in [2.24, 2.45) is 0 Å². The SMILES string of the molecule is Cc1ccc(S(=O)(=O)N2Cc3cc(O)ccc3C2c2ccc3ccccc3c2)c(O)c1. The monoisotopic (exact) mass is 431 g/mol. The summed E-state index contributed by atoms with van der Waals surface area (Å²) in [4.78, 5) is -0.124. The van der Waals surface area contributed by atoms with Gasteiger partial charge < -0.3 is 10.2 Å². The van der Waals surface area contributed by atoms with Gasteiger partial charge in [-0.3, -0.25) is 0 Å². The van der Waals surface area contributed by atoms with Crippen LogP contribution in [0.3, 0.4) is 0 Å². The van der Waals surface area contributed by atoms with Gasteiger partial charge in [-0.05, 0) is 70.3 Å². The average molecular weight is 432 g/mol. The molecule has 5 nitrogen and oxygen atoms in total. The summed E-state index contributed by atoms with van der Waals surface area (Å²) in [5, 5.41) is 22.5. The van der Waals surface area contributed by atoms with Crippen molar-refractivity contribution in [3.63, 3.8) is 0 Å². The van der Waals surface area contributed by atoms with Crippen molar-refractivity contribution >= 4 is 20.8 Å². The number of hydrogen-bond donors (Lipinski definition) is 2. The lowest BCUT2D eigenvalue weighted by Crippen LogP contribution is -2.30. The highest BCUT2D eigenvalue weighted by atomic mass is 32.2. The first-order valence-electron chi connectivity index (χ1n) is 9.96. The van der Waals surface area contributed by atoms with Gasteiger partial charge in [0.05, 0.1) is 6.04 Å². The molecule has 6 heteroatoms. The zero-order valence-electron chi connectivity index (χ0n) is 16.9. The molecule has 1 heterocycles. The fourth-order valence-corrected chi connectivity index (χ4v) is 5.97. The molecule has 0 aromatic heterocycles. The van der Waals surface area contributed by atoms with Gasteiger partial charge in [0.1, 0.15) is 16.4 Å². The van der Waals surface area contributed by atoms with Crippen LogP contribution in [0.4, 0.5) is 0 Å². The number of hydrogen-bond acceptors (Lipinski definition) is 4. The van der Waals surface area contributed by atoms with Gasteiger partial charge in [0.15, 0.2) is 0 Å². The lowest BCUT2D eigenvalue weighted by Gasteiger charge is -2.26. The first kappa shape index (κ1) is 19.6.